The molecular weight excluding hydrogens is 220 g/mol. The molecule has 0 amide bonds. The van der Waals surface area contributed by atoms with Gasteiger partial charge in [-0.15, -0.1) is 0 Å². The van der Waals surface area contributed by atoms with Crippen LogP contribution in [0.2, 0.25) is 18.1 Å². The fourth-order valence-corrected chi connectivity index (χ4v) is 2.57. The van der Waals surface area contributed by atoms with Gasteiger partial charge in [0.1, 0.15) is 0 Å². The maximum Gasteiger partial charge on any atom is 0.308 e. The summed E-state index contributed by atoms with van der Waals surface area (Å²) in [5.41, 5.74) is 0. The van der Waals surface area contributed by atoms with E-state index in [0.29, 0.717) is 6.42 Å². The van der Waals surface area contributed by atoms with Crippen molar-refractivity contribution in [3.05, 3.63) is 0 Å². The molecule has 0 aromatic heterocycles. The molecule has 0 aromatic carbocycles. The number of carbonyl (C=O) groups is 1. The Kier molecular flexibility index (Phi) is 5.69. The van der Waals surface area contributed by atoms with E-state index < -0.39 is 8.32 Å². The zero-order valence-corrected chi connectivity index (χ0v) is 12.7. The maximum atomic E-state index is 11.2. The van der Waals surface area contributed by atoms with E-state index in [1.165, 1.54) is 7.11 Å². The minimum atomic E-state index is -1.78. The van der Waals surface area contributed by atoms with Gasteiger partial charge in [-0.25, -0.2) is 0 Å². The molecular formula is C12H26O3Si. The number of carbonyl (C=O) groups excluding carboxylic acids is 1. The molecule has 0 radical (unpaired) electrons. The molecule has 0 aromatic rings. The van der Waals surface area contributed by atoms with E-state index in [4.69, 9.17) is 4.43 Å². The summed E-state index contributed by atoms with van der Waals surface area (Å²) >= 11 is 0. The van der Waals surface area contributed by atoms with Crippen molar-refractivity contribution >= 4 is 14.3 Å². The van der Waals surface area contributed by atoms with Crippen molar-refractivity contribution in [2.45, 2.75) is 64.8 Å². The second kappa shape index (κ2) is 5.82. The van der Waals surface area contributed by atoms with Crippen LogP contribution in [0.3, 0.4) is 0 Å². The van der Waals surface area contributed by atoms with Gasteiger partial charge in [-0.3, -0.25) is 4.79 Å². The highest BCUT2D eigenvalue weighted by molar-refractivity contribution is 6.74. The number of methoxy groups -OCH3 is 1. The van der Waals surface area contributed by atoms with Gasteiger partial charge in [0.05, 0.1) is 19.6 Å². The number of ether oxygens (including phenoxy) is 1. The SMILES string of the molecule is CCC(CC(=O)OC)O[Si](C)(C)C(C)(C)C. The fourth-order valence-electron chi connectivity index (χ4n) is 1.13. The lowest BCUT2D eigenvalue weighted by Crippen LogP contribution is -2.44. The summed E-state index contributed by atoms with van der Waals surface area (Å²) in [4.78, 5) is 11.2. The van der Waals surface area contributed by atoms with Gasteiger partial charge >= 0.3 is 5.97 Å². The van der Waals surface area contributed by atoms with E-state index in [1.807, 2.05) is 6.92 Å². The van der Waals surface area contributed by atoms with E-state index in [9.17, 15) is 4.79 Å². The molecule has 0 aliphatic rings. The lowest BCUT2D eigenvalue weighted by atomic mass is 10.2. The third kappa shape index (κ3) is 4.66. The monoisotopic (exact) mass is 246 g/mol. The Morgan fingerprint density at radius 3 is 2.12 bits per heavy atom. The zero-order chi connectivity index (χ0) is 13.0. The first-order valence-electron chi connectivity index (χ1n) is 5.88. The molecule has 0 aliphatic carbocycles. The fraction of sp³-hybridized carbons (Fsp3) is 0.917. The predicted octanol–water partition coefficient (Wildman–Crippen LogP) is 3.35. The van der Waals surface area contributed by atoms with Crippen LogP contribution in [-0.2, 0) is 14.0 Å². The summed E-state index contributed by atoms with van der Waals surface area (Å²) in [7, 11) is -0.358. The van der Waals surface area contributed by atoms with Gasteiger partial charge in [0, 0.05) is 0 Å². The number of hydrogen-bond acceptors (Lipinski definition) is 3. The molecule has 0 heterocycles. The molecule has 1 unspecified atom stereocenters. The predicted molar refractivity (Wildman–Crippen MR) is 69.0 cm³/mol. The molecule has 0 fully saturated rings. The first-order chi connectivity index (χ1) is 7.14. The average Bonchev–Trinajstić information content (AvgIpc) is 2.14. The van der Waals surface area contributed by atoms with Gasteiger partial charge in [0.2, 0.25) is 0 Å². The average molecular weight is 246 g/mol. The van der Waals surface area contributed by atoms with Gasteiger partial charge in [0.25, 0.3) is 0 Å². The molecule has 1 atom stereocenters. The van der Waals surface area contributed by atoms with Gasteiger partial charge in [0.15, 0.2) is 8.32 Å². The van der Waals surface area contributed by atoms with Crippen molar-refractivity contribution in [2.24, 2.45) is 0 Å². The second-order valence-corrected chi connectivity index (χ2v) is 10.4. The summed E-state index contributed by atoms with van der Waals surface area (Å²) in [6, 6.07) is 0. The van der Waals surface area contributed by atoms with E-state index in [1.54, 1.807) is 0 Å². The van der Waals surface area contributed by atoms with Crippen molar-refractivity contribution in [1.29, 1.82) is 0 Å². The van der Waals surface area contributed by atoms with Crippen molar-refractivity contribution in [1.82, 2.24) is 0 Å². The Hall–Kier alpha value is -0.353. The van der Waals surface area contributed by atoms with Crippen molar-refractivity contribution in [3.8, 4) is 0 Å². The minimum Gasteiger partial charge on any atom is -0.469 e. The summed E-state index contributed by atoms with van der Waals surface area (Å²) < 4.78 is 10.8. The first-order valence-corrected chi connectivity index (χ1v) is 8.79. The van der Waals surface area contributed by atoms with Crippen LogP contribution in [-0.4, -0.2) is 27.5 Å². The third-order valence-electron chi connectivity index (χ3n) is 3.34. The molecule has 0 bridgehead atoms. The largest absolute Gasteiger partial charge is 0.469 e. The quantitative estimate of drug-likeness (QED) is 0.551. The van der Waals surface area contributed by atoms with E-state index in [2.05, 4.69) is 38.6 Å². The van der Waals surface area contributed by atoms with Crippen LogP contribution in [0.1, 0.15) is 40.5 Å². The Morgan fingerprint density at radius 2 is 1.81 bits per heavy atom. The van der Waals surface area contributed by atoms with Crippen LogP contribution >= 0.6 is 0 Å². The van der Waals surface area contributed by atoms with Crippen LogP contribution < -0.4 is 0 Å². The van der Waals surface area contributed by atoms with E-state index >= 15 is 0 Å². The molecule has 3 nitrogen and oxygen atoms in total. The van der Waals surface area contributed by atoms with Gasteiger partial charge in [-0.2, -0.15) is 0 Å². The van der Waals surface area contributed by atoms with Crippen molar-refractivity contribution < 1.29 is 14.0 Å². The molecule has 0 saturated carbocycles. The maximum absolute atomic E-state index is 11.2. The lowest BCUT2D eigenvalue weighted by Gasteiger charge is -2.38. The van der Waals surface area contributed by atoms with E-state index in [0.717, 1.165) is 6.42 Å². The summed E-state index contributed by atoms with van der Waals surface area (Å²) in [6.45, 7) is 13.0. The summed E-state index contributed by atoms with van der Waals surface area (Å²) in [5.74, 6) is -0.189. The highest BCUT2D eigenvalue weighted by atomic mass is 28.4. The number of esters is 1. The van der Waals surface area contributed by atoms with Crippen molar-refractivity contribution in [3.63, 3.8) is 0 Å². The highest BCUT2D eigenvalue weighted by Crippen LogP contribution is 2.37. The molecule has 4 heteroatoms. The smallest absolute Gasteiger partial charge is 0.308 e. The standard InChI is InChI=1S/C12H26O3Si/c1-8-10(9-11(13)14-5)15-16(6,7)12(2,3)4/h10H,8-9H2,1-7H3. The van der Waals surface area contributed by atoms with Crippen molar-refractivity contribution in [2.75, 3.05) is 7.11 Å². The minimum absolute atomic E-state index is 0.00617. The van der Waals surface area contributed by atoms with Gasteiger partial charge in [-0.1, -0.05) is 27.7 Å². The van der Waals surface area contributed by atoms with Crippen LogP contribution in [0.15, 0.2) is 0 Å². The zero-order valence-electron chi connectivity index (χ0n) is 11.7. The van der Waals surface area contributed by atoms with Crippen LogP contribution in [0.4, 0.5) is 0 Å². The Balaban J connectivity index is 4.48. The van der Waals surface area contributed by atoms with E-state index in [-0.39, 0.29) is 17.1 Å². The Labute approximate surface area is 101 Å². The number of rotatable bonds is 5. The first kappa shape index (κ1) is 15.6. The van der Waals surface area contributed by atoms with Gasteiger partial charge < -0.3 is 9.16 Å². The topological polar surface area (TPSA) is 35.5 Å². The number of hydrogen-bond donors (Lipinski definition) is 0. The molecule has 0 rings (SSSR count). The molecule has 16 heavy (non-hydrogen) atoms. The summed E-state index contributed by atoms with van der Waals surface area (Å²) in [6.07, 6.45) is 1.20. The molecule has 96 valence electrons. The third-order valence-corrected chi connectivity index (χ3v) is 7.88. The molecule has 0 N–H and O–H groups in total. The molecule has 0 aliphatic heterocycles. The molecule has 0 saturated heterocycles. The normalized spacial score (nSPS) is 14.7. The summed E-state index contributed by atoms with van der Waals surface area (Å²) in [5, 5.41) is 0.177. The molecule has 0 spiro atoms. The highest BCUT2D eigenvalue weighted by Gasteiger charge is 2.39. The Morgan fingerprint density at radius 1 is 1.31 bits per heavy atom. The Bertz CT molecular complexity index is 231. The van der Waals surface area contributed by atoms with Crippen LogP contribution in [0.25, 0.3) is 0 Å². The van der Waals surface area contributed by atoms with Gasteiger partial charge in [-0.05, 0) is 24.6 Å². The second-order valence-electron chi connectivity index (χ2n) is 5.69. The van der Waals surface area contributed by atoms with Crippen LogP contribution in [0.5, 0.6) is 0 Å². The van der Waals surface area contributed by atoms with Crippen LogP contribution in [0, 0.1) is 0 Å². The lowest BCUT2D eigenvalue weighted by molar-refractivity contribution is -0.142.